The number of nitro groups is 1. The van der Waals surface area contributed by atoms with Crippen LogP contribution in [0, 0.1) is 16.0 Å². The highest BCUT2D eigenvalue weighted by Crippen LogP contribution is 2.44. The van der Waals surface area contributed by atoms with Crippen molar-refractivity contribution in [3.8, 4) is 0 Å². The Morgan fingerprint density at radius 1 is 1.32 bits per heavy atom. The minimum Gasteiger partial charge on any atom is -0.463 e. The van der Waals surface area contributed by atoms with Crippen LogP contribution in [0.15, 0.2) is 35.5 Å². The van der Waals surface area contributed by atoms with Crippen LogP contribution >= 0.6 is 0 Å². The van der Waals surface area contributed by atoms with Crippen molar-refractivity contribution in [3.63, 3.8) is 0 Å². The predicted molar refractivity (Wildman–Crippen MR) is 102 cm³/mol. The van der Waals surface area contributed by atoms with Crippen LogP contribution in [-0.2, 0) is 14.3 Å². The zero-order valence-corrected chi connectivity index (χ0v) is 16.4. The molecule has 1 amide bonds. The van der Waals surface area contributed by atoms with E-state index in [1.807, 2.05) is 18.9 Å². The highest BCUT2D eigenvalue weighted by atomic mass is 16.6. The van der Waals surface area contributed by atoms with Gasteiger partial charge in [-0.3, -0.25) is 14.9 Å². The molecule has 2 heterocycles. The van der Waals surface area contributed by atoms with Crippen LogP contribution in [0.1, 0.15) is 51.6 Å². The maximum absolute atomic E-state index is 12.6. The van der Waals surface area contributed by atoms with Crippen LogP contribution in [0.5, 0.6) is 0 Å². The van der Waals surface area contributed by atoms with Crippen LogP contribution in [0.25, 0.3) is 0 Å². The Hall–Kier alpha value is -2.74. The second kappa shape index (κ2) is 8.10. The third-order valence-corrected chi connectivity index (χ3v) is 5.02. The Labute approximate surface area is 163 Å². The van der Waals surface area contributed by atoms with E-state index >= 15 is 0 Å². The molecule has 2 aliphatic heterocycles. The molecule has 2 fully saturated rings. The van der Waals surface area contributed by atoms with Crippen LogP contribution in [-0.4, -0.2) is 40.0 Å². The van der Waals surface area contributed by atoms with E-state index in [0.29, 0.717) is 37.1 Å². The fourth-order valence-corrected chi connectivity index (χ4v) is 3.84. The number of amides is 1. The number of ether oxygens (including phenoxy) is 1. The molecule has 0 aromatic heterocycles. The van der Waals surface area contributed by atoms with E-state index in [-0.39, 0.29) is 36.1 Å². The van der Waals surface area contributed by atoms with Gasteiger partial charge in [-0.05, 0) is 24.8 Å². The fraction of sp³-hybridized carbons (Fsp3) is 0.500. The number of carbonyl (C=O) groups excluding carboxylic acids is 2. The summed E-state index contributed by atoms with van der Waals surface area (Å²) in [7, 11) is 0. The van der Waals surface area contributed by atoms with Crippen molar-refractivity contribution in [1.29, 1.82) is 0 Å². The van der Waals surface area contributed by atoms with E-state index in [9.17, 15) is 19.7 Å². The van der Waals surface area contributed by atoms with E-state index < -0.39 is 4.92 Å². The van der Waals surface area contributed by atoms with Crippen LogP contribution in [0.3, 0.4) is 0 Å². The smallest absolute Gasteiger partial charge is 0.335 e. The predicted octanol–water partition coefficient (Wildman–Crippen LogP) is 3.35. The summed E-state index contributed by atoms with van der Waals surface area (Å²) in [6.45, 7) is 6.63. The van der Waals surface area contributed by atoms with Gasteiger partial charge in [0.2, 0.25) is 5.91 Å². The molecule has 3 rings (SSSR count). The van der Waals surface area contributed by atoms with E-state index in [2.05, 4.69) is 0 Å². The number of nitrogens with zero attached hydrogens (tertiary/aromatic N) is 3. The Balaban J connectivity index is 2.01. The maximum atomic E-state index is 12.6. The molecule has 0 radical (unpaired) electrons. The number of non-ortho nitro benzene ring substituents is 1. The van der Waals surface area contributed by atoms with Gasteiger partial charge in [-0.2, -0.15) is 0 Å². The summed E-state index contributed by atoms with van der Waals surface area (Å²) in [4.78, 5) is 35.7. The van der Waals surface area contributed by atoms with Gasteiger partial charge in [0, 0.05) is 31.5 Å². The standard InChI is InChI=1S/C20H25N3O5/c1-4-28-20(25)16(11-13(2)3)18-12-17(21-10-9-19(24)22(18)21)14-5-7-15(8-6-14)23(26)27/h5-8,13,17H,4,9-12H2,1-3H3/b18-16+/t17-/m0/s1. The second-order valence-electron chi connectivity index (χ2n) is 7.43. The Kier molecular flexibility index (Phi) is 5.79. The van der Waals surface area contributed by atoms with Gasteiger partial charge < -0.3 is 4.74 Å². The molecule has 2 saturated heterocycles. The molecular weight excluding hydrogens is 362 g/mol. The van der Waals surface area contributed by atoms with Crippen molar-refractivity contribution in [1.82, 2.24) is 10.0 Å². The van der Waals surface area contributed by atoms with Gasteiger partial charge in [-0.1, -0.05) is 26.0 Å². The van der Waals surface area contributed by atoms with Crippen LogP contribution in [0.4, 0.5) is 5.69 Å². The lowest BCUT2D eigenvalue weighted by molar-refractivity contribution is -0.384. The average Bonchev–Trinajstić information content (AvgIpc) is 3.21. The van der Waals surface area contributed by atoms with Crippen LogP contribution in [0.2, 0.25) is 0 Å². The third kappa shape index (κ3) is 3.77. The fourth-order valence-electron chi connectivity index (χ4n) is 3.84. The van der Waals surface area contributed by atoms with Gasteiger partial charge in [0.05, 0.1) is 28.8 Å². The van der Waals surface area contributed by atoms with E-state index in [4.69, 9.17) is 4.74 Å². The summed E-state index contributed by atoms with van der Waals surface area (Å²) >= 11 is 0. The quantitative estimate of drug-likeness (QED) is 0.322. The molecule has 1 aromatic rings. The second-order valence-corrected chi connectivity index (χ2v) is 7.43. The number of nitro benzene ring substituents is 1. The van der Waals surface area contributed by atoms with Crippen molar-refractivity contribution in [3.05, 3.63) is 51.2 Å². The molecule has 2 aliphatic rings. The number of hydrazine groups is 1. The first-order chi connectivity index (χ1) is 13.3. The zero-order valence-electron chi connectivity index (χ0n) is 16.4. The van der Waals surface area contributed by atoms with Crippen molar-refractivity contribution >= 4 is 17.6 Å². The number of benzene rings is 1. The normalized spacial score (nSPS) is 21.2. The lowest BCUT2D eigenvalue weighted by Gasteiger charge is -2.25. The molecule has 8 heteroatoms. The minimum absolute atomic E-state index is 0.0267. The average molecular weight is 387 g/mol. The molecular formula is C20H25N3O5. The molecule has 1 atom stereocenters. The molecule has 8 nitrogen and oxygen atoms in total. The molecule has 0 bridgehead atoms. The van der Waals surface area contributed by atoms with Gasteiger partial charge in [-0.15, -0.1) is 0 Å². The van der Waals surface area contributed by atoms with E-state index in [1.165, 1.54) is 12.1 Å². The number of carbonyl (C=O) groups is 2. The number of hydrogen-bond acceptors (Lipinski definition) is 6. The lowest BCUT2D eigenvalue weighted by atomic mass is 9.96. The first-order valence-electron chi connectivity index (χ1n) is 9.56. The Morgan fingerprint density at radius 3 is 2.57 bits per heavy atom. The summed E-state index contributed by atoms with van der Waals surface area (Å²) in [5.74, 6) is -0.184. The summed E-state index contributed by atoms with van der Waals surface area (Å²) in [5, 5.41) is 14.5. The minimum atomic E-state index is -0.434. The molecule has 28 heavy (non-hydrogen) atoms. The topological polar surface area (TPSA) is 93.0 Å². The molecule has 150 valence electrons. The van der Waals surface area contributed by atoms with Crippen molar-refractivity contribution in [2.45, 2.75) is 46.1 Å². The largest absolute Gasteiger partial charge is 0.463 e. The zero-order chi connectivity index (χ0) is 20.4. The van der Waals surface area contributed by atoms with E-state index in [1.54, 1.807) is 24.1 Å². The van der Waals surface area contributed by atoms with Crippen molar-refractivity contribution in [2.75, 3.05) is 13.2 Å². The first kappa shape index (κ1) is 20.0. The summed E-state index contributed by atoms with van der Waals surface area (Å²) in [5.41, 5.74) is 2.14. The molecule has 0 unspecified atom stereocenters. The third-order valence-electron chi connectivity index (χ3n) is 5.02. The number of esters is 1. The molecule has 0 aliphatic carbocycles. The van der Waals surface area contributed by atoms with Gasteiger partial charge in [-0.25, -0.2) is 14.8 Å². The SMILES string of the molecule is CCOC(=O)/C(CC(C)C)=C1\C[C@@H](c2ccc([N+](=O)[O-])cc2)N2CCC(=O)N12. The lowest BCUT2D eigenvalue weighted by Crippen LogP contribution is -2.33. The van der Waals surface area contributed by atoms with Gasteiger partial charge in [0.15, 0.2) is 0 Å². The van der Waals surface area contributed by atoms with Gasteiger partial charge >= 0.3 is 5.97 Å². The summed E-state index contributed by atoms with van der Waals surface area (Å²) in [6.07, 6.45) is 1.40. The number of rotatable bonds is 6. The number of hydrogen-bond donors (Lipinski definition) is 0. The highest BCUT2D eigenvalue weighted by molar-refractivity contribution is 5.91. The van der Waals surface area contributed by atoms with Crippen molar-refractivity contribution < 1.29 is 19.2 Å². The summed E-state index contributed by atoms with van der Waals surface area (Å²) in [6, 6.07) is 6.25. The molecule has 0 saturated carbocycles. The molecule has 1 aromatic carbocycles. The molecule has 0 spiro atoms. The Morgan fingerprint density at radius 2 is 2.00 bits per heavy atom. The monoisotopic (exact) mass is 387 g/mol. The van der Waals surface area contributed by atoms with Crippen molar-refractivity contribution in [2.24, 2.45) is 5.92 Å². The first-order valence-corrected chi connectivity index (χ1v) is 9.56. The van der Waals surface area contributed by atoms with Gasteiger partial charge in [0.1, 0.15) is 0 Å². The van der Waals surface area contributed by atoms with Crippen LogP contribution < -0.4 is 0 Å². The highest BCUT2D eigenvalue weighted by Gasteiger charge is 2.45. The van der Waals surface area contributed by atoms with Gasteiger partial charge in [0.25, 0.3) is 5.69 Å². The number of fused-ring (bicyclic) bond motifs is 1. The molecule has 0 N–H and O–H groups in total. The maximum Gasteiger partial charge on any atom is 0.335 e. The summed E-state index contributed by atoms with van der Waals surface area (Å²) < 4.78 is 5.26. The van der Waals surface area contributed by atoms with E-state index in [0.717, 1.165) is 5.56 Å². The Bertz CT molecular complexity index is 816.